The van der Waals surface area contributed by atoms with Crippen LogP contribution in [0.2, 0.25) is 0 Å². The van der Waals surface area contributed by atoms with E-state index in [-0.39, 0.29) is 0 Å². The summed E-state index contributed by atoms with van der Waals surface area (Å²) in [6, 6.07) is 50.6. The molecule has 1 aliphatic carbocycles. The van der Waals surface area contributed by atoms with E-state index in [1.54, 1.807) is 0 Å². The van der Waals surface area contributed by atoms with E-state index < -0.39 is 0 Å². The average molecular weight is 630 g/mol. The number of fused-ring (bicyclic) bond motifs is 3. The van der Waals surface area contributed by atoms with Gasteiger partial charge in [-0.3, -0.25) is 0 Å². The van der Waals surface area contributed by atoms with Gasteiger partial charge in [0, 0.05) is 27.5 Å². The molecule has 49 heavy (non-hydrogen) atoms. The van der Waals surface area contributed by atoms with E-state index in [4.69, 9.17) is 19.4 Å². The molecule has 2 aromatic heterocycles. The number of nitrogens with zero attached hydrogens (tertiary/aromatic N) is 3. The molecule has 0 saturated carbocycles. The number of hydrogen-bond acceptors (Lipinski definition) is 4. The number of allylic oxidation sites excluding steroid dienone is 4. The van der Waals surface area contributed by atoms with Gasteiger partial charge in [0.25, 0.3) is 0 Å². The fourth-order valence-electron chi connectivity index (χ4n) is 6.67. The summed E-state index contributed by atoms with van der Waals surface area (Å²) in [5.41, 5.74) is 11.4. The number of aromatic nitrogens is 3. The molecule has 1 aliphatic rings. The number of furan rings is 1. The van der Waals surface area contributed by atoms with Crippen LogP contribution in [0.5, 0.6) is 0 Å². The maximum Gasteiger partial charge on any atom is 0.164 e. The van der Waals surface area contributed by atoms with Crippen LogP contribution in [0.3, 0.4) is 0 Å². The Labute approximate surface area is 284 Å². The topological polar surface area (TPSA) is 51.8 Å². The molecule has 0 unspecified atom stereocenters. The third-order valence-corrected chi connectivity index (χ3v) is 9.18. The van der Waals surface area contributed by atoms with Crippen molar-refractivity contribution in [1.29, 1.82) is 0 Å². The third-order valence-electron chi connectivity index (χ3n) is 9.18. The Morgan fingerprint density at radius 3 is 1.63 bits per heavy atom. The van der Waals surface area contributed by atoms with Gasteiger partial charge >= 0.3 is 0 Å². The summed E-state index contributed by atoms with van der Waals surface area (Å²) in [7, 11) is 0. The molecule has 0 radical (unpaired) electrons. The second-order valence-electron chi connectivity index (χ2n) is 12.3. The monoisotopic (exact) mass is 629 g/mol. The molecule has 9 rings (SSSR count). The molecule has 4 heteroatoms. The van der Waals surface area contributed by atoms with E-state index in [0.717, 1.165) is 73.7 Å². The molecule has 0 fully saturated rings. The first-order valence-electron chi connectivity index (χ1n) is 16.7. The molecule has 0 atom stereocenters. The minimum Gasteiger partial charge on any atom is -0.456 e. The van der Waals surface area contributed by atoms with Crippen LogP contribution in [0.15, 0.2) is 168 Å². The van der Waals surface area contributed by atoms with Gasteiger partial charge in [-0.05, 0) is 64.4 Å². The van der Waals surface area contributed by atoms with Crippen LogP contribution >= 0.6 is 0 Å². The zero-order valence-electron chi connectivity index (χ0n) is 26.8. The fourth-order valence-corrected chi connectivity index (χ4v) is 6.67. The van der Waals surface area contributed by atoms with Gasteiger partial charge in [0.05, 0.1) is 0 Å². The number of rotatable bonds is 6. The van der Waals surface area contributed by atoms with Crippen LogP contribution in [-0.2, 0) is 0 Å². The van der Waals surface area contributed by atoms with Gasteiger partial charge in [0.1, 0.15) is 11.2 Å². The fraction of sp³-hybridized carbons (Fsp3) is 0.0444. The molecule has 8 aromatic rings. The normalized spacial score (nSPS) is 12.8. The molecule has 2 heterocycles. The van der Waals surface area contributed by atoms with Crippen molar-refractivity contribution in [2.24, 2.45) is 0 Å². The van der Waals surface area contributed by atoms with Crippen molar-refractivity contribution in [3.05, 3.63) is 170 Å². The Morgan fingerprint density at radius 1 is 0.429 bits per heavy atom. The van der Waals surface area contributed by atoms with Gasteiger partial charge in [0.2, 0.25) is 0 Å². The molecule has 4 nitrogen and oxygen atoms in total. The summed E-state index contributed by atoms with van der Waals surface area (Å²) in [5.74, 6) is 1.92. The molecule has 0 aliphatic heterocycles. The van der Waals surface area contributed by atoms with E-state index in [0.29, 0.717) is 17.5 Å². The predicted octanol–water partition coefficient (Wildman–Crippen LogP) is 11.8. The Balaban J connectivity index is 1.15. The first kappa shape index (κ1) is 28.8. The van der Waals surface area contributed by atoms with E-state index in [1.807, 2.05) is 24.3 Å². The molecule has 6 aromatic carbocycles. The van der Waals surface area contributed by atoms with Crippen LogP contribution in [0.25, 0.3) is 83.7 Å². The summed E-state index contributed by atoms with van der Waals surface area (Å²) < 4.78 is 6.43. The van der Waals surface area contributed by atoms with E-state index in [9.17, 15) is 0 Å². The van der Waals surface area contributed by atoms with Crippen molar-refractivity contribution < 1.29 is 4.42 Å². The Kier molecular flexibility index (Phi) is 7.25. The first-order valence-corrected chi connectivity index (χ1v) is 16.7. The highest BCUT2D eigenvalue weighted by Gasteiger charge is 2.19. The smallest absolute Gasteiger partial charge is 0.164 e. The summed E-state index contributed by atoms with van der Waals surface area (Å²) in [6.07, 6.45) is 8.49. The number of hydrogen-bond donors (Lipinski definition) is 0. The lowest BCUT2D eigenvalue weighted by Crippen LogP contribution is -2.03. The molecule has 232 valence electrons. The zero-order valence-corrected chi connectivity index (χ0v) is 26.8. The summed E-state index contributed by atoms with van der Waals surface area (Å²) >= 11 is 0. The number of para-hydroxylation sites is 1. The molecular weight excluding hydrogens is 599 g/mol. The summed E-state index contributed by atoms with van der Waals surface area (Å²) in [5, 5.41) is 2.18. The van der Waals surface area contributed by atoms with E-state index in [1.165, 1.54) is 11.1 Å². The first-order chi connectivity index (χ1) is 24.3. The van der Waals surface area contributed by atoms with Gasteiger partial charge in [-0.2, -0.15) is 0 Å². The van der Waals surface area contributed by atoms with Crippen molar-refractivity contribution in [2.75, 3.05) is 0 Å². The number of benzene rings is 6. The highest BCUT2D eigenvalue weighted by molar-refractivity contribution is 6.13. The minimum absolute atomic E-state index is 0.611. The quantitative estimate of drug-likeness (QED) is 0.184. The SMILES string of the molecule is C1=CC(c2nc(-c3ccc(-c4ccc(-c5ccccc5)cc4)cc3)nc(-c3cc(-c4ccccc4)c4c(c3)oc3ccccc34)n2)=CCC1. The molecule has 0 N–H and O–H groups in total. The van der Waals surface area contributed by atoms with Crippen molar-refractivity contribution in [1.82, 2.24) is 15.0 Å². The van der Waals surface area contributed by atoms with Crippen LogP contribution in [0.1, 0.15) is 18.7 Å². The maximum absolute atomic E-state index is 6.43. The second kappa shape index (κ2) is 12.3. The Morgan fingerprint density at radius 2 is 0.980 bits per heavy atom. The van der Waals surface area contributed by atoms with Crippen molar-refractivity contribution in [3.8, 4) is 56.2 Å². The second-order valence-corrected chi connectivity index (χ2v) is 12.3. The third kappa shape index (κ3) is 5.53. The lowest BCUT2D eigenvalue weighted by Gasteiger charge is -2.12. The highest BCUT2D eigenvalue weighted by Crippen LogP contribution is 2.40. The minimum atomic E-state index is 0.611. The van der Waals surface area contributed by atoms with Crippen LogP contribution in [0, 0.1) is 0 Å². The van der Waals surface area contributed by atoms with E-state index >= 15 is 0 Å². The molecular formula is C45H31N3O. The average Bonchev–Trinajstić information content (AvgIpc) is 3.57. The predicted molar refractivity (Wildman–Crippen MR) is 201 cm³/mol. The van der Waals surface area contributed by atoms with Gasteiger partial charge in [-0.25, -0.2) is 15.0 Å². The van der Waals surface area contributed by atoms with Crippen molar-refractivity contribution in [2.45, 2.75) is 12.8 Å². The largest absolute Gasteiger partial charge is 0.456 e. The van der Waals surface area contributed by atoms with Crippen LogP contribution < -0.4 is 0 Å². The summed E-state index contributed by atoms with van der Waals surface area (Å²) in [4.78, 5) is 15.2. The Hall–Kier alpha value is -6.39. The molecule has 0 spiro atoms. The van der Waals surface area contributed by atoms with Crippen molar-refractivity contribution >= 4 is 27.5 Å². The lowest BCUT2D eigenvalue weighted by atomic mass is 9.96. The Bertz CT molecular complexity index is 2510. The standard InChI is InChI=1S/C45H31N3O/c1-4-12-30(13-5-1)31-20-22-32(23-21-31)33-24-26-36(27-25-33)44-46-43(35-16-8-3-9-17-35)47-45(48-44)37-28-39(34-14-6-2-7-15-34)42-38-18-10-11-19-40(38)49-41(42)29-37/h1-2,4-8,10-29H,3,9H2. The van der Waals surface area contributed by atoms with Gasteiger partial charge in [-0.15, -0.1) is 0 Å². The molecule has 0 amide bonds. The van der Waals surface area contributed by atoms with Crippen LogP contribution in [0.4, 0.5) is 0 Å². The summed E-state index contributed by atoms with van der Waals surface area (Å²) in [6.45, 7) is 0. The van der Waals surface area contributed by atoms with Crippen LogP contribution in [-0.4, -0.2) is 15.0 Å². The van der Waals surface area contributed by atoms with Gasteiger partial charge in [-0.1, -0.05) is 146 Å². The zero-order chi connectivity index (χ0) is 32.6. The highest BCUT2D eigenvalue weighted by atomic mass is 16.3. The molecule has 0 bridgehead atoms. The van der Waals surface area contributed by atoms with Gasteiger partial charge < -0.3 is 4.42 Å². The van der Waals surface area contributed by atoms with Gasteiger partial charge in [0.15, 0.2) is 17.5 Å². The molecule has 0 saturated heterocycles. The van der Waals surface area contributed by atoms with Crippen molar-refractivity contribution in [3.63, 3.8) is 0 Å². The van der Waals surface area contributed by atoms with E-state index in [2.05, 4.69) is 140 Å². The maximum atomic E-state index is 6.43. The lowest BCUT2D eigenvalue weighted by molar-refractivity contribution is 0.669.